The molecule has 0 unspecified atom stereocenters. The molecule has 1 aromatic heterocycles. The quantitative estimate of drug-likeness (QED) is 0.752. The molecule has 0 aliphatic heterocycles. The Balaban J connectivity index is 1.91. The summed E-state index contributed by atoms with van der Waals surface area (Å²) in [6.45, 7) is 2.53. The Hall–Kier alpha value is -2.29. The van der Waals surface area contributed by atoms with Gasteiger partial charge in [0.2, 0.25) is 0 Å². The summed E-state index contributed by atoms with van der Waals surface area (Å²) in [5, 5.41) is 4.42. The van der Waals surface area contributed by atoms with Crippen LogP contribution in [0, 0.1) is 12.7 Å². The average Bonchev–Trinajstić information content (AvgIpc) is 2.76. The first kappa shape index (κ1) is 12.7. The van der Waals surface area contributed by atoms with Gasteiger partial charge in [0, 0.05) is 30.7 Å². The number of halogens is 1. The van der Waals surface area contributed by atoms with Gasteiger partial charge in [-0.3, -0.25) is 0 Å². The Morgan fingerprint density at radius 3 is 2.70 bits per heavy atom. The van der Waals surface area contributed by atoms with E-state index in [1.807, 2.05) is 32.2 Å². The number of anilines is 1. The molecule has 102 valence electrons. The molecule has 3 rings (SSSR count). The molecule has 0 amide bonds. The standard InChI is InChI=1S/C17H17FN2/c1-12-6-5-8-15(18)17(12)19-10-13-11-20(2)16-9-4-3-7-14(13)16/h3-9,11,19H,10H2,1-2H3. The summed E-state index contributed by atoms with van der Waals surface area (Å²) in [5.74, 6) is -0.203. The first-order chi connectivity index (χ1) is 9.66. The summed E-state index contributed by atoms with van der Waals surface area (Å²) in [5.41, 5.74) is 3.87. The average molecular weight is 268 g/mol. The van der Waals surface area contributed by atoms with Gasteiger partial charge in [-0.2, -0.15) is 0 Å². The molecular formula is C17H17FN2. The van der Waals surface area contributed by atoms with Gasteiger partial charge in [-0.1, -0.05) is 30.3 Å². The Morgan fingerprint density at radius 2 is 1.90 bits per heavy atom. The first-order valence-electron chi connectivity index (χ1n) is 6.69. The molecule has 0 aliphatic rings. The second-order valence-corrected chi connectivity index (χ2v) is 5.07. The van der Waals surface area contributed by atoms with Crippen molar-refractivity contribution in [1.82, 2.24) is 4.57 Å². The van der Waals surface area contributed by atoms with E-state index in [4.69, 9.17) is 0 Å². The van der Waals surface area contributed by atoms with Crippen LogP contribution in [-0.4, -0.2) is 4.57 Å². The maximum atomic E-state index is 13.8. The minimum absolute atomic E-state index is 0.203. The van der Waals surface area contributed by atoms with Gasteiger partial charge in [0.15, 0.2) is 0 Å². The lowest BCUT2D eigenvalue weighted by atomic mass is 10.1. The molecule has 0 spiro atoms. The van der Waals surface area contributed by atoms with Gasteiger partial charge in [0.05, 0.1) is 5.69 Å². The normalized spacial score (nSPS) is 10.9. The number of rotatable bonds is 3. The largest absolute Gasteiger partial charge is 0.378 e. The fourth-order valence-electron chi connectivity index (χ4n) is 2.61. The fourth-order valence-corrected chi connectivity index (χ4v) is 2.61. The number of para-hydroxylation sites is 2. The van der Waals surface area contributed by atoms with Crippen molar-refractivity contribution in [3.8, 4) is 0 Å². The number of hydrogen-bond acceptors (Lipinski definition) is 1. The Labute approximate surface area is 117 Å². The van der Waals surface area contributed by atoms with Crippen LogP contribution in [0.4, 0.5) is 10.1 Å². The third kappa shape index (κ3) is 2.16. The number of aromatic nitrogens is 1. The van der Waals surface area contributed by atoms with E-state index in [1.54, 1.807) is 6.07 Å². The van der Waals surface area contributed by atoms with Crippen LogP contribution in [0.5, 0.6) is 0 Å². The molecule has 2 aromatic carbocycles. The topological polar surface area (TPSA) is 17.0 Å². The molecule has 0 atom stereocenters. The summed E-state index contributed by atoms with van der Waals surface area (Å²) in [6.07, 6.45) is 2.09. The fraction of sp³-hybridized carbons (Fsp3) is 0.176. The highest BCUT2D eigenvalue weighted by atomic mass is 19.1. The van der Waals surface area contributed by atoms with Crippen LogP contribution in [0.25, 0.3) is 10.9 Å². The molecular weight excluding hydrogens is 251 g/mol. The number of benzene rings is 2. The SMILES string of the molecule is Cc1cccc(F)c1NCc1cn(C)c2ccccc12. The number of nitrogens with one attached hydrogen (secondary N) is 1. The van der Waals surface area contributed by atoms with Crippen LogP contribution < -0.4 is 5.32 Å². The van der Waals surface area contributed by atoms with Crippen molar-refractivity contribution in [2.75, 3.05) is 5.32 Å². The highest BCUT2D eigenvalue weighted by molar-refractivity contribution is 5.84. The Morgan fingerprint density at radius 1 is 1.10 bits per heavy atom. The third-order valence-corrected chi connectivity index (χ3v) is 3.66. The van der Waals surface area contributed by atoms with Crippen molar-refractivity contribution in [1.29, 1.82) is 0 Å². The number of nitrogens with zero attached hydrogens (tertiary/aromatic N) is 1. The lowest BCUT2D eigenvalue weighted by molar-refractivity contribution is 0.629. The van der Waals surface area contributed by atoms with Gasteiger partial charge in [0.1, 0.15) is 5.82 Å². The van der Waals surface area contributed by atoms with Crippen LogP contribution >= 0.6 is 0 Å². The number of fused-ring (bicyclic) bond motifs is 1. The Bertz CT molecular complexity index is 739. The first-order valence-corrected chi connectivity index (χ1v) is 6.69. The van der Waals surface area contributed by atoms with E-state index in [0.717, 1.165) is 5.56 Å². The lowest BCUT2D eigenvalue weighted by Gasteiger charge is -2.10. The lowest BCUT2D eigenvalue weighted by Crippen LogP contribution is -2.02. The zero-order valence-corrected chi connectivity index (χ0v) is 11.7. The molecule has 0 bridgehead atoms. The van der Waals surface area contributed by atoms with Gasteiger partial charge in [0.25, 0.3) is 0 Å². The second-order valence-electron chi connectivity index (χ2n) is 5.07. The molecule has 0 saturated heterocycles. The van der Waals surface area contributed by atoms with E-state index in [0.29, 0.717) is 12.2 Å². The molecule has 3 aromatic rings. The predicted octanol–water partition coefficient (Wildman–Crippen LogP) is 4.24. The Kier molecular flexibility index (Phi) is 3.18. The molecule has 3 heteroatoms. The predicted molar refractivity (Wildman–Crippen MR) is 81.4 cm³/mol. The van der Waals surface area contributed by atoms with Crippen LogP contribution in [0.3, 0.4) is 0 Å². The van der Waals surface area contributed by atoms with E-state index >= 15 is 0 Å². The molecule has 0 aliphatic carbocycles. The third-order valence-electron chi connectivity index (χ3n) is 3.66. The van der Waals surface area contributed by atoms with E-state index in [2.05, 4.69) is 28.2 Å². The van der Waals surface area contributed by atoms with Crippen LogP contribution in [-0.2, 0) is 13.6 Å². The van der Waals surface area contributed by atoms with Gasteiger partial charge in [-0.15, -0.1) is 0 Å². The number of aryl methyl sites for hydroxylation is 2. The van der Waals surface area contributed by atoms with Gasteiger partial charge < -0.3 is 9.88 Å². The summed E-state index contributed by atoms with van der Waals surface area (Å²) in [6, 6.07) is 13.4. The molecule has 2 nitrogen and oxygen atoms in total. The van der Waals surface area contributed by atoms with Crippen molar-refractivity contribution in [2.45, 2.75) is 13.5 Å². The number of hydrogen-bond donors (Lipinski definition) is 1. The summed E-state index contributed by atoms with van der Waals surface area (Å²) in [4.78, 5) is 0. The van der Waals surface area contributed by atoms with Crippen molar-refractivity contribution in [3.05, 3.63) is 65.6 Å². The van der Waals surface area contributed by atoms with Crippen LogP contribution in [0.1, 0.15) is 11.1 Å². The van der Waals surface area contributed by atoms with Crippen molar-refractivity contribution < 1.29 is 4.39 Å². The zero-order valence-electron chi connectivity index (χ0n) is 11.7. The molecule has 1 N–H and O–H groups in total. The summed E-state index contributed by atoms with van der Waals surface area (Å²) in [7, 11) is 2.03. The molecule has 20 heavy (non-hydrogen) atoms. The van der Waals surface area contributed by atoms with E-state index in [-0.39, 0.29) is 5.82 Å². The highest BCUT2D eigenvalue weighted by Gasteiger charge is 2.08. The molecule has 1 heterocycles. The maximum absolute atomic E-state index is 13.8. The molecule has 0 saturated carbocycles. The zero-order chi connectivity index (χ0) is 14.1. The van der Waals surface area contributed by atoms with E-state index in [1.165, 1.54) is 22.5 Å². The minimum atomic E-state index is -0.203. The molecule has 0 fully saturated rings. The van der Waals surface area contributed by atoms with Gasteiger partial charge in [-0.05, 0) is 30.2 Å². The van der Waals surface area contributed by atoms with Crippen molar-refractivity contribution in [2.24, 2.45) is 7.05 Å². The smallest absolute Gasteiger partial charge is 0.146 e. The minimum Gasteiger partial charge on any atom is -0.378 e. The van der Waals surface area contributed by atoms with E-state index in [9.17, 15) is 4.39 Å². The maximum Gasteiger partial charge on any atom is 0.146 e. The van der Waals surface area contributed by atoms with Crippen LogP contribution in [0.2, 0.25) is 0 Å². The van der Waals surface area contributed by atoms with Crippen LogP contribution in [0.15, 0.2) is 48.7 Å². The molecule has 0 radical (unpaired) electrons. The summed E-state index contributed by atoms with van der Waals surface area (Å²) < 4.78 is 15.9. The summed E-state index contributed by atoms with van der Waals surface area (Å²) >= 11 is 0. The monoisotopic (exact) mass is 268 g/mol. The van der Waals surface area contributed by atoms with Gasteiger partial charge in [-0.25, -0.2) is 4.39 Å². The highest BCUT2D eigenvalue weighted by Crippen LogP contribution is 2.23. The van der Waals surface area contributed by atoms with Gasteiger partial charge >= 0.3 is 0 Å². The van der Waals surface area contributed by atoms with E-state index < -0.39 is 0 Å². The second kappa shape index (κ2) is 5.00. The van der Waals surface area contributed by atoms with Crippen molar-refractivity contribution in [3.63, 3.8) is 0 Å². The van der Waals surface area contributed by atoms with Crippen molar-refractivity contribution >= 4 is 16.6 Å².